The highest BCUT2D eigenvalue weighted by Gasteiger charge is 2.19. The van der Waals surface area contributed by atoms with E-state index in [1.807, 2.05) is 13.0 Å². The molecular formula is C18H19BrClNO2. The van der Waals surface area contributed by atoms with Crippen LogP contribution in [0.2, 0.25) is 5.02 Å². The lowest BCUT2D eigenvalue weighted by molar-refractivity contribution is -0.139. The Balaban J connectivity index is 2.60. The Morgan fingerprint density at radius 3 is 2.52 bits per heavy atom. The summed E-state index contributed by atoms with van der Waals surface area (Å²) < 4.78 is 4.75. The summed E-state index contributed by atoms with van der Waals surface area (Å²) in [6.07, 6.45) is 0.122. The highest BCUT2D eigenvalue weighted by Crippen LogP contribution is 2.33. The van der Waals surface area contributed by atoms with Crippen molar-refractivity contribution in [2.24, 2.45) is 0 Å². The molecule has 122 valence electrons. The van der Waals surface area contributed by atoms with Crippen LogP contribution >= 0.6 is 27.5 Å². The highest BCUT2D eigenvalue weighted by atomic mass is 79.9. The van der Waals surface area contributed by atoms with E-state index in [0.29, 0.717) is 10.4 Å². The lowest BCUT2D eigenvalue weighted by Gasteiger charge is -2.15. The largest absolute Gasteiger partial charge is 0.469 e. The van der Waals surface area contributed by atoms with E-state index in [1.54, 1.807) is 0 Å². The molecule has 0 amide bonds. The van der Waals surface area contributed by atoms with Crippen molar-refractivity contribution in [2.75, 3.05) is 7.11 Å². The molecule has 0 fully saturated rings. The molecule has 0 radical (unpaired) electrons. The van der Waals surface area contributed by atoms with Gasteiger partial charge in [-0.3, -0.25) is 9.78 Å². The van der Waals surface area contributed by atoms with Gasteiger partial charge in [0.15, 0.2) is 0 Å². The lowest BCUT2D eigenvalue weighted by Crippen LogP contribution is -2.10. The number of ether oxygens (including phenoxy) is 1. The number of alkyl halides is 1. The quantitative estimate of drug-likeness (QED) is 0.543. The fourth-order valence-electron chi connectivity index (χ4n) is 2.42. The molecule has 2 rings (SSSR count). The maximum Gasteiger partial charge on any atom is 0.310 e. The lowest BCUT2D eigenvalue weighted by atomic mass is 9.99. The van der Waals surface area contributed by atoms with Crippen molar-refractivity contribution in [1.82, 2.24) is 4.98 Å². The number of methoxy groups -OCH3 is 1. The van der Waals surface area contributed by atoms with Gasteiger partial charge in [0.05, 0.1) is 29.9 Å². The van der Waals surface area contributed by atoms with Crippen LogP contribution in [0.5, 0.6) is 0 Å². The van der Waals surface area contributed by atoms with Gasteiger partial charge in [-0.25, -0.2) is 0 Å². The zero-order valence-electron chi connectivity index (χ0n) is 13.7. The summed E-state index contributed by atoms with van der Waals surface area (Å²) in [7, 11) is 1.37. The molecular weight excluding hydrogens is 378 g/mol. The molecule has 3 nitrogen and oxygen atoms in total. The second-order valence-electron chi connectivity index (χ2n) is 5.51. The molecule has 0 aliphatic heterocycles. The van der Waals surface area contributed by atoms with Crippen LogP contribution < -0.4 is 0 Å². The normalized spacial score (nSPS) is 10.7. The smallest absolute Gasteiger partial charge is 0.310 e. The van der Waals surface area contributed by atoms with Crippen molar-refractivity contribution in [3.05, 3.63) is 51.2 Å². The zero-order valence-corrected chi connectivity index (χ0v) is 16.0. The van der Waals surface area contributed by atoms with Crippen LogP contribution in [0.25, 0.3) is 11.3 Å². The molecule has 0 spiro atoms. The van der Waals surface area contributed by atoms with Crippen molar-refractivity contribution in [1.29, 1.82) is 0 Å². The first-order valence-corrected chi connectivity index (χ1v) is 8.77. The number of benzene rings is 1. The molecule has 1 aromatic carbocycles. The van der Waals surface area contributed by atoms with Gasteiger partial charge in [0.25, 0.3) is 0 Å². The molecule has 0 N–H and O–H groups in total. The minimum Gasteiger partial charge on any atom is -0.469 e. The molecule has 0 aliphatic rings. The third kappa shape index (κ3) is 3.75. The van der Waals surface area contributed by atoms with Crippen LogP contribution in [0, 0.1) is 20.8 Å². The Hall–Kier alpha value is -1.39. The first-order chi connectivity index (χ1) is 10.9. The summed E-state index contributed by atoms with van der Waals surface area (Å²) in [6, 6.07) is 6.24. The van der Waals surface area contributed by atoms with E-state index < -0.39 is 0 Å². The summed E-state index contributed by atoms with van der Waals surface area (Å²) in [5, 5.41) is 1.10. The molecule has 0 aliphatic carbocycles. The molecule has 5 heteroatoms. The molecule has 1 heterocycles. The zero-order chi connectivity index (χ0) is 17.1. The van der Waals surface area contributed by atoms with Crippen LogP contribution in [0.3, 0.4) is 0 Å². The fourth-order valence-corrected chi connectivity index (χ4v) is 3.15. The first kappa shape index (κ1) is 18.0. The van der Waals surface area contributed by atoms with Crippen molar-refractivity contribution in [3.63, 3.8) is 0 Å². The van der Waals surface area contributed by atoms with Crippen LogP contribution in [-0.2, 0) is 21.3 Å². The van der Waals surface area contributed by atoms with E-state index in [9.17, 15) is 4.79 Å². The van der Waals surface area contributed by atoms with Gasteiger partial charge >= 0.3 is 5.97 Å². The van der Waals surface area contributed by atoms with E-state index in [1.165, 1.54) is 18.2 Å². The van der Waals surface area contributed by atoms with Crippen molar-refractivity contribution in [3.8, 4) is 11.3 Å². The van der Waals surface area contributed by atoms with E-state index in [-0.39, 0.29) is 12.4 Å². The summed E-state index contributed by atoms with van der Waals surface area (Å²) >= 11 is 9.97. The standard InChI is InChI=1S/C18H19BrClNO2/c1-10-5-6-13(7-11(10)2)18-12(3)17(20)14(8-16(22)23-4)15(9-19)21-18/h5-7H,8-9H2,1-4H3. The van der Waals surface area contributed by atoms with Gasteiger partial charge in [0.1, 0.15) is 0 Å². The monoisotopic (exact) mass is 395 g/mol. The van der Waals surface area contributed by atoms with E-state index >= 15 is 0 Å². The van der Waals surface area contributed by atoms with Crippen LogP contribution in [-0.4, -0.2) is 18.1 Å². The summed E-state index contributed by atoms with van der Waals surface area (Å²) in [4.78, 5) is 16.4. The Morgan fingerprint density at radius 2 is 1.96 bits per heavy atom. The van der Waals surface area contributed by atoms with Crippen LogP contribution in [0.1, 0.15) is 27.9 Å². The van der Waals surface area contributed by atoms with Gasteiger partial charge in [-0.05, 0) is 43.5 Å². The van der Waals surface area contributed by atoms with Gasteiger partial charge in [-0.2, -0.15) is 0 Å². The highest BCUT2D eigenvalue weighted by molar-refractivity contribution is 9.08. The maximum atomic E-state index is 11.6. The number of carbonyl (C=O) groups is 1. The van der Waals surface area contributed by atoms with Crippen molar-refractivity contribution < 1.29 is 9.53 Å². The average molecular weight is 397 g/mol. The Morgan fingerprint density at radius 1 is 1.26 bits per heavy atom. The topological polar surface area (TPSA) is 39.2 Å². The number of hydrogen-bond acceptors (Lipinski definition) is 3. The van der Waals surface area contributed by atoms with Crippen LogP contribution in [0.4, 0.5) is 0 Å². The van der Waals surface area contributed by atoms with E-state index in [4.69, 9.17) is 21.3 Å². The second-order valence-corrected chi connectivity index (χ2v) is 6.45. The maximum absolute atomic E-state index is 11.6. The first-order valence-electron chi connectivity index (χ1n) is 7.27. The van der Waals surface area contributed by atoms with Gasteiger partial charge in [-0.1, -0.05) is 39.7 Å². The molecule has 0 saturated carbocycles. The molecule has 0 unspecified atom stereocenters. The molecule has 0 bridgehead atoms. The number of rotatable bonds is 4. The third-order valence-electron chi connectivity index (χ3n) is 4.00. The molecule has 1 aromatic heterocycles. The predicted molar refractivity (Wildman–Crippen MR) is 97.2 cm³/mol. The molecule has 0 saturated heterocycles. The number of halogens is 2. The SMILES string of the molecule is COC(=O)Cc1c(CBr)nc(-c2ccc(C)c(C)c2)c(C)c1Cl. The van der Waals surface area contributed by atoms with Gasteiger partial charge in [0.2, 0.25) is 0 Å². The number of pyridine rings is 1. The summed E-state index contributed by atoms with van der Waals surface area (Å²) in [6.45, 7) is 6.08. The van der Waals surface area contributed by atoms with E-state index in [0.717, 1.165) is 28.1 Å². The number of carbonyl (C=O) groups excluding carboxylic acids is 1. The predicted octanol–water partition coefficient (Wildman–Crippen LogP) is 4.94. The number of aromatic nitrogens is 1. The van der Waals surface area contributed by atoms with Crippen LogP contribution in [0.15, 0.2) is 18.2 Å². The second kappa shape index (κ2) is 7.45. The van der Waals surface area contributed by atoms with Gasteiger partial charge in [-0.15, -0.1) is 0 Å². The number of aryl methyl sites for hydroxylation is 2. The van der Waals surface area contributed by atoms with Gasteiger partial charge < -0.3 is 4.74 Å². The number of nitrogens with zero attached hydrogens (tertiary/aromatic N) is 1. The minimum atomic E-state index is -0.325. The summed E-state index contributed by atoms with van der Waals surface area (Å²) in [5.74, 6) is -0.325. The Bertz CT molecular complexity index is 759. The number of esters is 1. The Kier molecular flexibility index (Phi) is 5.82. The Labute approximate surface area is 150 Å². The molecule has 23 heavy (non-hydrogen) atoms. The number of hydrogen-bond donors (Lipinski definition) is 0. The van der Waals surface area contributed by atoms with Crippen molar-refractivity contribution >= 4 is 33.5 Å². The third-order valence-corrected chi connectivity index (χ3v) is 5.04. The minimum absolute atomic E-state index is 0.122. The molecule has 0 atom stereocenters. The summed E-state index contributed by atoms with van der Waals surface area (Å²) in [5.41, 5.74) is 6.68. The van der Waals surface area contributed by atoms with Crippen molar-refractivity contribution in [2.45, 2.75) is 32.5 Å². The average Bonchev–Trinajstić information content (AvgIpc) is 2.54. The fraction of sp³-hybridized carbons (Fsp3) is 0.333. The van der Waals surface area contributed by atoms with Gasteiger partial charge in [0, 0.05) is 16.5 Å². The van der Waals surface area contributed by atoms with E-state index in [2.05, 4.69) is 41.9 Å². The molecule has 2 aromatic rings.